The van der Waals surface area contributed by atoms with E-state index in [0.717, 1.165) is 4.90 Å². The fraction of sp³-hybridized carbons (Fsp3) is 0.300. The molecule has 1 unspecified atom stereocenters. The number of nitrogens with zero attached hydrogens (tertiary/aromatic N) is 2. The largest absolute Gasteiger partial charge is 0.477 e. The molecule has 1 N–H and O–H groups in total. The minimum atomic E-state index is -4.81. The zero-order valence-corrected chi connectivity index (χ0v) is 10.3. The van der Waals surface area contributed by atoms with E-state index in [4.69, 9.17) is 5.11 Å². The topological polar surface area (TPSA) is 105 Å². The zero-order chi connectivity index (χ0) is 14.2. The maximum absolute atomic E-state index is 12.8. The number of hydrogen-bond donors (Lipinski definition) is 1. The number of halogens is 1. The van der Waals surface area contributed by atoms with Gasteiger partial charge in [0, 0.05) is 13.0 Å². The van der Waals surface area contributed by atoms with Gasteiger partial charge >= 0.3 is 16.2 Å². The molecule has 0 aromatic carbocycles. The van der Waals surface area contributed by atoms with Gasteiger partial charge in [0.1, 0.15) is 11.1 Å². The van der Waals surface area contributed by atoms with Gasteiger partial charge in [0.15, 0.2) is 5.69 Å². The van der Waals surface area contributed by atoms with Gasteiger partial charge in [-0.2, -0.15) is 8.42 Å². The third-order valence-electron chi connectivity index (χ3n) is 2.72. The molecule has 0 saturated carbocycles. The molecule has 1 amide bonds. The van der Waals surface area contributed by atoms with Crippen molar-refractivity contribution < 1.29 is 27.0 Å². The summed E-state index contributed by atoms with van der Waals surface area (Å²) in [6, 6.07) is 3.96. The van der Waals surface area contributed by atoms with Crippen molar-refractivity contribution >= 4 is 27.9 Å². The van der Waals surface area contributed by atoms with Crippen LogP contribution in [-0.2, 0) is 15.0 Å². The maximum Gasteiger partial charge on any atom is 0.354 e. The van der Waals surface area contributed by atoms with Crippen LogP contribution < -0.4 is 4.90 Å². The summed E-state index contributed by atoms with van der Waals surface area (Å²) in [4.78, 5) is 27.0. The fourth-order valence-electron chi connectivity index (χ4n) is 1.78. The first-order valence-electron chi connectivity index (χ1n) is 5.23. The Kier molecular flexibility index (Phi) is 3.23. The van der Waals surface area contributed by atoms with Gasteiger partial charge in [-0.25, -0.2) is 9.78 Å². The van der Waals surface area contributed by atoms with Crippen molar-refractivity contribution in [1.29, 1.82) is 0 Å². The molecule has 19 heavy (non-hydrogen) atoms. The quantitative estimate of drug-likeness (QED) is 0.796. The summed E-state index contributed by atoms with van der Waals surface area (Å²) >= 11 is 0. The molecule has 2 rings (SSSR count). The van der Waals surface area contributed by atoms with Crippen LogP contribution in [0.4, 0.5) is 9.70 Å². The van der Waals surface area contributed by atoms with Gasteiger partial charge in [0.25, 0.3) is 0 Å². The number of carboxylic acid groups (broad SMARTS) is 1. The number of carbonyl (C=O) groups is 2. The van der Waals surface area contributed by atoms with Crippen LogP contribution in [-0.4, -0.2) is 42.2 Å². The van der Waals surface area contributed by atoms with E-state index in [1.165, 1.54) is 18.2 Å². The number of pyridine rings is 1. The molecule has 0 spiro atoms. The molecule has 0 aliphatic carbocycles. The normalized spacial score (nSPS) is 19.7. The lowest BCUT2D eigenvalue weighted by molar-refractivity contribution is -0.117. The average Bonchev–Trinajstić information content (AvgIpc) is 2.71. The molecule has 102 valence electrons. The van der Waals surface area contributed by atoms with Crippen molar-refractivity contribution in [2.45, 2.75) is 11.7 Å². The van der Waals surface area contributed by atoms with Crippen LogP contribution in [0.3, 0.4) is 0 Å². The number of amides is 1. The summed E-state index contributed by atoms with van der Waals surface area (Å²) < 4.78 is 34.4. The number of rotatable bonds is 3. The lowest BCUT2D eigenvalue weighted by Gasteiger charge is -2.14. The Bertz CT molecular complexity index is 645. The van der Waals surface area contributed by atoms with Crippen molar-refractivity contribution in [2.24, 2.45) is 0 Å². The third-order valence-corrected chi connectivity index (χ3v) is 3.83. The Balaban J connectivity index is 2.31. The van der Waals surface area contributed by atoms with Crippen LogP contribution >= 0.6 is 0 Å². The smallest absolute Gasteiger partial charge is 0.354 e. The van der Waals surface area contributed by atoms with Crippen molar-refractivity contribution in [3.63, 3.8) is 0 Å². The van der Waals surface area contributed by atoms with E-state index >= 15 is 0 Å². The second kappa shape index (κ2) is 4.57. The minimum Gasteiger partial charge on any atom is -0.477 e. The van der Waals surface area contributed by atoms with Crippen molar-refractivity contribution in [1.82, 2.24) is 4.98 Å². The fourth-order valence-corrected chi connectivity index (χ4v) is 2.45. The Labute approximate surface area is 107 Å². The molecule has 1 fully saturated rings. The second-order valence-corrected chi connectivity index (χ2v) is 5.61. The Morgan fingerprint density at radius 3 is 2.68 bits per heavy atom. The van der Waals surface area contributed by atoms with E-state index in [-0.39, 0.29) is 18.1 Å². The number of anilines is 1. The Morgan fingerprint density at radius 1 is 1.47 bits per heavy atom. The van der Waals surface area contributed by atoms with Gasteiger partial charge in [0.05, 0.1) is 0 Å². The van der Waals surface area contributed by atoms with Crippen LogP contribution in [0.15, 0.2) is 18.2 Å². The van der Waals surface area contributed by atoms with Crippen LogP contribution in [0.2, 0.25) is 0 Å². The van der Waals surface area contributed by atoms with E-state index in [0.29, 0.717) is 0 Å². The summed E-state index contributed by atoms with van der Waals surface area (Å²) in [5, 5.41) is 7.34. The summed E-state index contributed by atoms with van der Waals surface area (Å²) in [5.74, 6) is -1.89. The van der Waals surface area contributed by atoms with E-state index < -0.39 is 33.8 Å². The monoisotopic (exact) mass is 288 g/mol. The van der Waals surface area contributed by atoms with Crippen molar-refractivity contribution in [3.05, 3.63) is 23.9 Å². The molecule has 1 aromatic rings. The minimum absolute atomic E-state index is 0.00366. The predicted octanol–water partition coefficient (Wildman–Crippen LogP) is 0.184. The van der Waals surface area contributed by atoms with Crippen molar-refractivity contribution in [3.8, 4) is 0 Å². The molecule has 9 heteroatoms. The molecule has 1 aromatic heterocycles. The molecule has 1 aliphatic heterocycles. The molecule has 2 heterocycles. The molecule has 0 radical (unpaired) electrons. The lowest BCUT2D eigenvalue weighted by Crippen LogP contribution is -2.28. The summed E-state index contributed by atoms with van der Waals surface area (Å²) in [6.45, 7) is -0.367. The average molecular weight is 288 g/mol. The first kappa shape index (κ1) is 13.4. The predicted molar refractivity (Wildman–Crippen MR) is 62.0 cm³/mol. The molecule has 1 saturated heterocycles. The van der Waals surface area contributed by atoms with Crippen LogP contribution in [0.5, 0.6) is 0 Å². The van der Waals surface area contributed by atoms with Gasteiger partial charge in [-0.3, -0.25) is 9.69 Å². The van der Waals surface area contributed by atoms with E-state index in [9.17, 15) is 21.9 Å². The lowest BCUT2D eigenvalue weighted by atomic mass is 10.3. The Morgan fingerprint density at radius 2 is 2.16 bits per heavy atom. The summed E-state index contributed by atoms with van der Waals surface area (Å²) in [5.41, 5.74) is -0.281. The highest BCUT2D eigenvalue weighted by molar-refractivity contribution is 7.87. The van der Waals surface area contributed by atoms with Crippen molar-refractivity contribution in [2.75, 3.05) is 11.4 Å². The number of carbonyl (C=O) groups excluding carboxylic acids is 1. The number of hydrogen-bond acceptors (Lipinski definition) is 5. The molecule has 7 nitrogen and oxygen atoms in total. The van der Waals surface area contributed by atoms with E-state index in [1.54, 1.807) is 0 Å². The highest BCUT2D eigenvalue weighted by Crippen LogP contribution is 2.24. The van der Waals surface area contributed by atoms with Gasteiger partial charge in [-0.05, 0) is 12.1 Å². The second-order valence-electron chi connectivity index (χ2n) is 3.99. The molecular weight excluding hydrogens is 279 g/mol. The number of aromatic nitrogens is 1. The number of aromatic carboxylic acids is 1. The first-order valence-corrected chi connectivity index (χ1v) is 6.68. The van der Waals surface area contributed by atoms with Crippen LogP contribution in [0.25, 0.3) is 0 Å². The standard InChI is InChI=1S/C10H9FN2O5S/c11-19(17,18)6-4-9(14)13(5-6)8-3-1-2-7(12-8)10(15)16/h1-3,6H,4-5H2,(H,15,16). The zero-order valence-electron chi connectivity index (χ0n) is 9.48. The Hall–Kier alpha value is -2.03. The summed E-state index contributed by atoms with van der Waals surface area (Å²) in [6.07, 6.45) is -0.474. The van der Waals surface area contributed by atoms with Crippen LogP contribution in [0.1, 0.15) is 16.9 Å². The van der Waals surface area contributed by atoms with Gasteiger partial charge in [0.2, 0.25) is 5.91 Å². The highest BCUT2D eigenvalue weighted by Gasteiger charge is 2.39. The molecule has 1 atom stereocenters. The molecule has 0 bridgehead atoms. The van der Waals surface area contributed by atoms with Gasteiger partial charge in [-0.15, -0.1) is 3.89 Å². The van der Waals surface area contributed by atoms with Gasteiger partial charge < -0.3 is 5.11 Å². The van der Waals surface area contributed by atoms with E-state index in [2.05, 4.69) is 4.98 Å². The SMILES string of the molecule is O=C(O)c1cccc(N2CC(S(=O)(=O)F)CC2=O)n1. The summed E-state index contributed by atoms with van der Waals surface area (Å²) in [7, 11) is -4.81. The van der Waals surface area contributed by atoms with Crippen LogP contribution in [0, 0.1) is 0 Å². The molecule has 1 aliphatic rings. The highest BCUT2D eigenvalue weighted by atomic mass is 32.3. The van der Waals surface area contributed by atoms with E-state index in [1.807, 2.05) is 0 Å². The number of carboxylic acids is 1. The molecular formula is C10H9FN2O5S. The maximum atomic E-state index is 12.8. The van der Waals surface area contributed by atoms with Gasteiger partial charge in [-0.1, -0.05) is 6.07 Å². The first-order chi connectivity index (χ1) is 8.79. The third kappa shape index (κ3) is 2.70.